The summed E-state index contributed by atoms with van der Waals surface area (Å²) in [6.45, 7) is 4.19. The van der Waals surface area contributed by atoms with Gasteiger partial charge in [0, 0.05) is 25.3 Å². The quantitative estimate of drug-likeness (QED) is 0.874. The number of carbonyl (C=O) groups excluding carboxylic acids is 2. The van der Waals surface area contributed by atoms with Crippen LogP contribution in [0.5, 0.6) is 0 Å². The lowest BCUT2D eigenvalue weighted by Gasteiger charge is -2.40. The van der Waals surface area contributed by atoms with Crippen LogP contribution in [0.25, 0.3) is 0 Å². The van der Waals surface area contributed by atoms with Gasteiger partial charge in [0.25, 0.3) is 0 Å². The van der Waals surface area contributed by atoms with Crippen molar-refractivity contribution in [2.45, 2.75) is 13.0 Å². The van der Waals surface area contributed by atoms with E-state index in [1.54, 1.807) is 0 Å². The Kier molecular flexibility index (Phi) is 6.08. The van der Waals surface area contributed by atoms with Gasteiger partial charge in [0.05, 0.1) is 12.6 Å². The molecule has 1 heterocycles. The second kappa shape index (κ2) is 8.68. The van der Waals surface area contributed by atoms with Crippen LogP contribution in [-0.2, 0) is 4.79 Å². The molecule has 0 aromatic heterocycles. The minimum atomic E-state index is -0.376. The smallest absolute Gasteiger partial charge is 0.319 e. The molecule has 2 N–H and O–H groups in total. The van der Waals surface area contributed by atoms with Crippen LogP contribution in [-0.4, -0.2) is 55.0 Å². The van der Waals surface area contributed by atoms with Crippen molar-refractivity contribution >= 4 is 17.6 Å². The molecule has 1 aliphatic rings. The SMILES string of the molecule is Cc1cccc(NC(=O)NCC(=O)N2CCN(C)C[C@@H]2c2ccccc2)c1. The Bertz CT molecular complexity index is 794. The van der Waals surface area contributed by atoms with Gasteiger partial charge in [-0.2, -0.15) is 0 Å². The molecule has 3 rings (SSSR count). The van der Waals surface area contributed by atoms with Gasteiger partial charge in [-0.15, -0.1) is 0 Å². The van der Waals surface area contributed by atoms with E-state index in [-0.39, 0.29) is 24.5 Å². The summed E-state index contributed by atoms with van der Waals surface area (Å²) in [5.74, 6) is -0.0728. The fourth-order valence-corrected chi connectivity index (χ4v) is 3.33. The summed E-state index contributed by atoms with van der Waals surface area (Å²) >= 11 is 0. The maximum atomic E-state index is 12.8. The summed E-state index contributed by atoms with van der Waals surface area (Å²) in [7, 11) is 2.06. The summed E-state index contributed by atoms with van der Waals surface area (Å²) in [6, 6.07) is 17.2. The molecule has 2 aromatic rings. The van der Waals surface area contributed by atoms with Gasteiger partial charge >= 0.3 is 6.03 Å². The van der Waals surface area contributed by atoms with Crippen LogP contribution in [0.2, 0.25) is 0 Å². The molecule has 1 fully saturated rings. The van der Waals surface area contributed by atoms with Gasteiger partial charge in [-0.1, -0.05) is 42.5 Å². The highest BCUT2D eigenvalue weighted by Crippen LogP contribution is 2.24. The topological polar surface area (TPSA) is 64.7 Å². The zero-order valence-electron chi connectivity index (χ0n) is 15.8. The van der Waals surface area contributed by atoms with Crippen molar-refractivity contribution in [1.29, 1.82) is 0 Å². The minimum absolute atomic E-state index is 0.000848. The Morgan fingerprint density at radius 1 is 1.07 bits per heavy atom. The van der Waals surface area contributed by atoms with Crippen molar-refractivity contribution in [2.24, 2.45) is 0 Å². The van der Waals surface area contributed by atoms with E-state index in [0.29, 0.717) is 12.2 Å². The van der Waals surface area contributed by atoms with Crippen molar-refractivity contribution in [3.63, 3.8) is 0 Å². The zero-order chi connectivity index (χ0) is 19.2. The number of hydrogen-bond donors (Lipinski definition) is 2. The molecule has 6 heteroatoms. The average Bonchev–Trinajstić information content (AvgIpc) is 2.67. The van der Waals surface area contributed by atoms with Crippen LogP contribution in [0.3, 0.4) is 0 Å². The number of hydrogen-bond acceptors (Lipinski definition) is 3. The van der Waals surface area contributed by atoms with Gasteiger partial charge in [0.2, 0.25) is 5.91 Å². The lowest BCUT2D eigenvalue weighted by molar-refractivity contribution is -0.134. The molecule has 27 heavy (non-hydrogen) atoms. The molecule has 0 aliphatic carbocycles. The van der Waals surface area contributed by atoms with E-state index < -0.39 is 0 Å². The van der Waals surface area contributed by atoms with Crippen LogP contribution in [0.15, 0.2) is 54.6 Å². The zero-order valence-corrected chi connectivity index (χ0v) is 15.8. The Morgan fingerprint density at radius 3 is 2.59 bits per heavy atom. The normalized spacial score (nSPS) is 17.4. The number of nitrogens with zero attached hydrogens (tertiary/aromatic N) is 2. The third-order valence-corrected chi connectivity index (χ3v) is 4.76. The molecule has 3 amide bonds. The van der Waals surface area contributed by atoms with E-state index in [1.807, 2.05) is 66.4 Å². The Labute approximate surface area is 160 Å². The van der Waals surface area contributed by atoms with E-state index >= 15 is 0 Å². The van der Waals surface area contributed by atoms with Gasteiger partial charge in [0.1, 0.15) is 0 Å². The lowest BCUT2D eigenvalue weighted by atomic mass is 10.0. The molecule has 0 saturated carbocycles. The number of amides is 3. The summed E-state index contributed by atoms with van der Waals surface area (Å²) in [6.07, 6.45) is 0. The molecule has 1 aliphatic heterocycles. The Morgan fingerprint density at radius 2 is 1.85 bits per heavy atom. The fourth-order valence-electron chi connectivity index (χ4n) is 3.33. The highest BCUT2D eigenvalue weighted by atomic mass is 16.2. The third-order valence-electron chi connectivity index (χ3n) is 4.76. The minimum Gasteiger partial charge on any atom is -0.332 e. The van der Waals surface area contributed by atoms with Crippen molar-refractivity contribution < 1.29 is 9.59 Å². The summed E-state index contributed by atoms with van der Waals surface area (Å²) in [5, 5.41) is 5.44. The molecule has 1 saturated heterocycles. The number of likely N-dealkylation sites (N-methyl/N-ethyl adjacent to an activating group) is 1. The van der Waals surface area contributed by atoms with Crippen LogP contribution in [0.4, 0.5) is 10.5 Å². The molecular formula is C21H26N4O2. The number of urea groups is 1. The first-order chi connectivity index (χ1) is 13.0. The lowest BCUT2D eigenvalue weighted by Crippen LogP contribution is -2.52. The molecule has 142 valence electrons. The summed E-state index contributed by atoms with van der Waals surface area (Å²) in [4.78, 5) is 29.0. The van der Waals surface area contributed by atoms with Gasteiger partial charge in [-0.3, -0.25) is 4.79 Å². The number of benzene rings is 2. The molecule has 2 aromatic carbocycles. The molecule has 0 bridgehead atoms. The molecule has 0 spiro atoms. The Hall–Kier alpha value is -2.86. The van der Waals surface area contributed by atoms with Gasteiger partial charge in [-0.25, -0.2) is 4.79 Å². The fraction of sp³-hybridized carbons (Fsp3) is 0.333. The van der Waals surface area contributed by atoms with Crippen LogP contribution >= 0.6 is 0 Å². The highest BCUT2D eigenvalue weighted by molar-refractivity contribution is 5.92. The number of piperazine rings is 1. The third kappa shape index (κ3) is 5.08. The van der Waals surface area contributed by atoms with Crippen LogP contribution in [0.1, 0.15) is 17.2 Å². The maximum absolute atomic E-state index is 12.8. The molecular weight excluding hydrogens is 340 g/mol. The van der Waals surface area contributed by atoms with Gasteiger partial charge in [-0.05, 0) is 37.2 Å². The second-order valence-electron chi connectivity index (χ2n) is 6.95. The first-order valence-electron chi connectivity index (χ1n) is 9.17. The van der Waals surface area contributed by atoms with Crippen molar-refractivity contribution in [1.82, 2.24) is 15.1 Å². The summed E-state index contributed by atoms with van der Waals surface area (Å²) < 4.78 is 0. The molecule has 0 unspecified atom stereocenters. The first-order valence-corrected chi connectivity index (χ1v) is 9.17. The highest BCUT2D eigenvalue weighted by Gasteiger charge is 2.30. The van der Waals surface area contributed by atoms with E-state index in [9.17, 15) is 9.59 Å². The second-order valence-corrected chi connectivity index (χ2v) is 6.95. The summed E-state index contributed by atoms with van der Waals surface area (Å²) in [5.41, 5.74) is 2.88. The number of aryl methyl sites for hydroxylation is 1. The molecule has 0 radical (unpaired) electrons. The van der Waals surface area contributed by atoms with E-state index in [1.165, 1.54) is 0 Å². The van der Waals surface area contributed by atoms with E-state index in [4.69, 9.17) is 0 Å². The average molecular weight is 366 g/mol. The standard InChI is InChI=1S/C21H26N4O2/c1-16-7-6-10-18(13-16)23-21(27)22-14-20(26)25-12-11-24(2)15-19(25)17-8-4-3-5-9-17/h3-10,13,19H,11-12,14-15H2,1-2H3,(H2,22,23,27)/t19-/m1/s1. The van der Waals surface area contributed by atoms with Gasteiger partial charge < -0.3 is 20.4 Å². The molecule has 6 nitrogen and oxygen atoms in total. The molecule has 1 atom stereocenters. The first kappa shape index (κ1) is 18.9. The maximum Gasteiger partial charge on any atom is 0.319 e. The van der Waals surface area contributed by atoms with Crippen molar-refractivity contribution in [2.75, 3.05) is 38.5 Å². The number of anilines is 1. The number of rotatable bonds is 4. The monoisotopic (exact) mass is 366 g/mol. The van der Waals surface area contributed by atoms with Crippen molar-refractivity contribution in [3.05, 3.63) is 65.7 Å². The predicted molar refractivity (Wildman–Crippen MR) is 107 cm³/mol. The number of nitrogens with one attached hydrogen (secondary N) is 2. The van der Waals surface area contributed by atoms with Crippen molar-refractivity contribution in [3.8, 4) is 0 Å². The Balaban J connectivity index is 1.59. The van der Waals surface area contributed by atoms with Crippen LogP contribution in [0, 0.1) is 6.92 Å². The van der Waals surface area contributed by atoms with Gasteiger partial charge in [0.15, 0.2) is 0 Å². The van der Waals surface area contributed by atoms with E-state index in [2.05, 4.69) is 22.6 Å². The predicted octanol–water partition coefficient (Wildman–Crippen LogP) is 2.63. The number of carbonyl (C=O) groups is 2. The largest absolute Gasteiger partial charge is 0.332 e. The van der Waals surface area contributed by atoms with E-state index in [0.717, 1.165) is 24.2 Å². The van der Waals surface area contributed by atoms with Crippen LogP contribution < -0.4 is 10.6 Å².